The molecule has 0 bridgehead atoms. The lowest BCUT2D eigenvalue weighted by Crippen LogP contribution is -2.42. The third-order valence-corrected chi connectivity index (χ3v) is 3.88. The number of nitrogens with zero attached hydrogens (tertiary/aromatic N) is 1. The second-order valence-corrected chi connectivity index (χ2v) is 5.02. The van der Waals surface area contributed by atoms with Crippen LogP contribution >= 0.6 is 0 Å². The van der Waals surface area contributed by atoms with Crippen molar-refractivity contribution in [2.45, 2.75) is 32.9 Å². The van der Waals surface area contributed by atoms with Gasteiger partial charge in [-0.3, -0.25) is 9.78 Å². The van der Waals surface area contributed by atoms with E-state index in [4.69, 9.17) is 5.73 Å². The minimum absolute atomic E-state index is 0.0406. The average molecular weight is 303 g/mol. The van der Waals surface area contributed by atoms with E-state index >= 15 is 0 Å². The number of hydrogen-bond donors (Lipinski definition) is 2. The van der Waals surface area contributed by atoms with Crippen LogP contribution in [0.15, 0.2) is 18.3 Å². The van der Waals surface area contributed by atoms with E-state index in [-0.39, 0.29) is 11.1 Å². The zero-order valence-corrected chi connectivity index (χ0v) is 12.1. The number of carbonyl (C=O) groups excluding carboxylic acids is 1. The fourth-order valence-electron chi connectivity index (χ4n) is 1.92. The SMILES string of the molecule is CCC(CC)(CN)CNC(=O)c1ccc(C(F)(F)F)cn1. The molecule has 1 rings (SSSR count). The van der Waals surface area contributed by atoms with Gasteiger partial charge in [0.1, 0.15) is 5.69 Å². The van der Waals surface area contributed by atoms with Gasteiger partial charge in [0.15, 0.2) is 0 Å². The Morgan fingerprint density at radius 2 is 1.90 bits per heavy atom. The Kier molecular flexibility index (Phi) is 5.71. The third kappa shape index (κ3) is 4.42. The maximum atomic E-state index is 12.4. The van der Waals surface area contributed by atoms with Crippen LogP contribution in [-0.2, 0) is 6.18 Å². The maximum absolute atomic E-state index is 12.4. The lowest BCUT2D eigenvalue weighted by atomic mass is 9.82. The van der Waals surface area contributed by atoms with E-state index in [0.29, 0.717) is 19.3 Å². The van der Waals surface area contributed by atoms with Crippen LogP contribution in [0.4, 0.5) is 13.2 Å². The fourth-order valence-corrected chi connectivity index (χ4v) is 1.92. The molecule has 7 heteroatoms. The van der Waals surface area contributed by atoms with E-state index in [1.807, 2.05) is 13.8 Å². The molecule has 0 fully saturated rings. The predicted octanol–water partition coefficient (Wildman–Crippen LogP) is 2.60. The summed E-state index contributed by atoms with van der Waals surface area (Å²) in [7, 11) is 0. The van der Waals surface area contributed by atoms with Crippen LogP contribution in [0, 0.1) is 5.41 Å². The predicted molar refractivity (Wildman–Crippen MR) is 73.6 cm³/mol. The van der Waals surface area contributed by atoms with Crippen LogP contribution in [0.3, 0.4) is 0 Å². The third-order valence-electron chi connectivity index (χ3n) is 3.88. The molecule has 1 amide bonds. The van der Waals surface area contributed by atoms with Gasteiger partial charge in [0, 0.05) is 12.7 Å². The Morgan fingerprint density at radius 3 is 2.29 bits per heavy atom. The molecule has 3 N–H and O–H groups in total. The van der Waals surface area contributed by atoms with Gasteiger partial charge in [-0.25, -0.2) is 0 Å². The molecule has 0 spiro atoms. The molecule has 4 nitrogen and oxygen atoms in total. The average Bonchev–Trinajstić information content (AvgIpc) is 2.48. The van der Waals surface area contributed by atoms with Crippen molar-refractivity contribution in [1.82, 2.24) is 10.3 Å². The highest BCUT2D eigenvalue weighted by molar-refractivity contribution is 5.92. The van der Waals surface area contributed by atoms with Gasteiger partial charge in [0.2, 0.25) is 0 Å². The highest BCUT2D eigenvalue weighted by Gasteiger charge is 2.31. The molecule has 0 aromatic carbocycles. The van der Waals surface area contributed by atoms with E-state index < -0.39 is 17.6 Å². The first kappa shape index (κ1) is 17.4. The van der Waals surface area contributed by atoms with Gasteiger partial charge < -0.3 is 11.1 Å². The number of nitrogens with two attached hydrogens (primary N) is 1. The number of hydrogen-bond acceptors (Lipinski definition) is 3. The number of halogens is 3. The Hall–Kier alpha value is -1.63. The number of rotatable bonds is 6. The summed E-state index contributed by atoms with van der Waals surface area (Å²) >= 11 is 0. The second-order valence-electron chi connectivity index (χ2n) is 5.02. The molecule has 21 heavy (non-hydrogen) atoms. The van der Waals surface area contributed by atoms with Crippen molar-refractivity contribution in [3.63, 3.8) is 0 Å². The zero-order chi connectivity index (χ0) is 16.1. The molecule has 1 aromatic rings. The smallest absolute Gasteiger partial charge is 0.350 e. The van der Waals surface area contributed by atoms with E-state index in [9.17, 15) is 18.0 Å². The van der Waals surface area contributed by atoms with Gasteiger partial charge in [-0.05, 0) is 36.9 Å². The van der Waals surface area contributed by atoms with Crippen LogP contribution in [0.5, 0.6) is 0 Å². The molecule has 0 aliphatic carbocycles. The molecule has 0 aliphatic heterocycles. The minimum Gasteiger partial charge on any atom is -0.350 e. The van der Waals surface area contributed by atoms with Crippen molar-refractivity contribution < 1.29 is 18.0 Å². The van der Waals surface area contributed by atoms with Crippen molar-refractivity contribution in [3.05, 3.63) is 29.6 Å². The molecule has 1 aromatic heterocycles. The van der Waals surface area contributed by atoms with Crippen molar-refractivity contribution in [3.8, 4) is 0 Å². The van der Waals surface area contributed by atoms with Gasteiger partial charge in [0.25, 0.3) is 5.91 Å². The molecule has 0 saturated heterocycles. The summed E-state index contributed by atoms with van der Waals surface area (Å²) in [6.45, 7) is 4.77. The molecule has 0 radical (unpaired) electrons. The monoisotopic (exact) mass is 303 g/mol. The van der Waals surface area contributed by atoms with Crippen LogP contribution in [0.25, 0.3) is 0 Å². The Labute approximate surface area is 121 Å². The van der Waals surface area contributed by atoms with Crippen LogP contribution < -0.4 is 11.1 Å². The fraction of sp³-hybridized carbons (Fsp3) is 0.571. The highest BCUT2D eigenvalue weighted by Crippen LogP contribution is 2.28. The van der Waals surface area contributed by atoms with Gasteiger partial charge in [-0.15, -0.1) is 0 Å². The van der Waals surface area contributed by atoms with Crippen molar-refractivity contribution >= 4 is 5.91 Å². The first-order valence-corrected chi connectivity index (χ1v) is 6.79. The number of pyridine rings is 1. The normalized spacial score (nSPS) is 12.3. The van der Waals surface area contributed by atoms with Gasteiger partial charge in [0.05, 0.1) is 5.56 Å². The van der Waals surface area contributed by atoms with Gasteiger partial charge in [-0.2, -0.15) is 13.2 Å². The molecule has 0 unspecified atom stereocenters. The van der Waals surface area contributed by atoms with Crippen molar-refractivity contribution in [1.29, 1.82) is 0 Å². The summed E-state index contributed by atoms with van der Waals surface area (Å²) in [5, 5.41) is 2.69. The Bertz CT molecular complexity index is 459. The number of amides is 1. The highest BCUT2D eigenvalue weighted by atomic mass is 19.4. The molecule has 0 saturated carbocycles. The number of nitrogens with one attached hydrogen (secondary N) is 1. The number of carbonyl (C=O) groups is 1. The molecule has 118 valence electrons. The quantitative estimate of drug-likeness (QED) is 0.849. The topological polar surface area (TPSA) is 68.0 Å². The molecule has 1 heterocycles. The molecule has 0 atom stereocenters. The summed E-state index contributed by atoms with van der Waals surface area (Å²) in [5.41, 5.74) is 4.62. The van der Waals surface area contributed by atoms with Gasteiger partial charge in [-0.1, -0.05) is 13.8 Å². The minimum atomic E-state index is -4.46. The first-order valence-electron chi connectivity index (χ1n) is 6.79. The van der Waals surface area contributed by atoms with Crippen LogP contribution in [-0.4, -0.2) is 24.0 Å². The molecular formula is C14H20F3N3O. The summed E-state index contributed by atoms with van der Waals surface area (Å²) in [5.74, 6) is -0.497. The van der Waals surface area contributed by atoms with Crippen molar-refractivity contribution in [2.24, 2.45) is 11.1 Å². The van der Waals surface area contributed by atoms with Crippen LogP contribution in [0.1, 0.15) is 42.7 Å². The lowest BCUT2D eigenvalue weighted by molar-refractivity contribution is -0.137. The summed E-state index contributed by atoms with van der Waals surface area (Å²) in [6, 6.07) is 1.91. The van der Waals surface area contributed by atoms with Crippen molar-refractivity contribution in [2.75, 3.05) is 13.1 Å². The summed E-state index contributed by atoms with van der Waals surface area (Å²) in [4.78, 5) is 15.5. The molecular weight excluding hydrogens is 283 g/mol. The number of aromatic nitrogens is 1. The lowest BCUT2D eigenvalue weighted by Gasteiger charge is -2.30. The van der Waals surface area contributed by atoms with E-state index in [1.54, 1.807) is 0 Å². The Balaban J connectivity index is 2.72. The summed E-state index contributed by atoms with van der Waals surface area (Å²) in [6.07, 6.45) is -2.19. The standard InChI is InChI=1S/C14H20F3N3O/c1-3-13(4-2,8-18)9-20-12(21)11-6-5-10(7-19-11)14(15,16)17/h5-7H,3-4,8-9,18H2,1-2H3,(H,20,21). The first-order chi connectivity index (χ1) is 9.78. The largest absolute Gasteiger partial charge is 0.417 e. The van der Waals surface area contributed by atoms with Crippen LogP contribution in [0.2, 0.25) is 0 Å². The van der Waals surface area contributed by atoms with Gasteiger partial charge >= 0.3 is 6.18 Å². The zero-order valence-electron chi connectivity index (χ0n) is 12.1. The van der Waals surface area contributed by atoms with E-state index in [2.05, 4.69) is 10.3 Å². The van der Waals surface area contributed by atoms with E-state index in [0.717, 1.165) is 25.0 Å². The summed E-state index contributed by atoms with van der Waals surface area (Å²) < 4.78 is 37.2. The number of alkyl halides is 3. The maximum Gasteiger partial charge on any atom is 0.417 e. The second kappa shape index (κ2) is 6.89. The molecule has 0 aliphatic rings. The van der Waals surface area contributed by atoms with E-state index in [1.165, 1.54) is 0 Å². The Morgan fingerprint density at radius 1 is 1.29 bits per heavy atom.